The van der Waals surface area contributed by atoms with Crippen LogP contribution in [0.4, 0.5) is 4.79 Å². The number of urea groups is 1. The van der Waals surface area contributed by atoms with Crippen LogP contribution in [0.25, 0.3) is 0 Å². The highest BCUT2D eigenvalue weighted by atomic mass is 35.5. The molecule has 0 saturated heterocycles. The summed E-state index contributed by atoms with van der Waals surface area (Å²) >= 11 is 12.2. The van der Waals surface area contributed by atoms with Crippen molar-refractivity contribution >= 4 is 41.4 Å². The number of amides is 2. The molecule has 3 aromatic carbocycles. The minimum Gasteiger partial charge on any atom is -0.490 e. The summed E-state index contributed by atoms with van der Waals surface area (Å²) < 4.78 is 28.2. The number of allylic oxidation sites excluding steroid dienone is 1. The molecule has 0 unspecified atom stereocenters. The smallest absolute Gasteiger partial charge is 0.337 e. The Hall–Kier alpha value is -4.65. The maximum Gasteiger partial charge on any atom is 0.337 e. The van der Waals surface area contributed by atoms with Crippen molar-refractivity contribution in [1.82, 2.24) is 16.1 Å². The highest BCUT2D eigenvalue weighted by Gasteiger charge is 2.32. The largest absolute Gasteiger partial charge is 0.490 e. The van der Waals surface area contributed by atoms with Gasteiger partial charge in [-0.1, -0.05) is 35.3 Å². The second-order valence-corrected chi connectivity index (χ2v) is 10.9. The second kappa shape index (κ2) is 16.8. The summed E-state index contributed by atoms with van der Waals surface area (Å²) in [5.74, 6) is 1.18. The number of carbonyl (C=O) groups is 2. The van der Waals surface area contributed by atoms with E-state index in [1.165, 1.54) is 13.3 Å². The Labute approximate surface area is 282 Å². The van der Waals surface area contributed by atoms with Crippen LogP contribution >= 0.6 is 23.2 Å². The number of hydrogen-bond donors (Lipinski definition) is 4. The maximum absolute atomic E-state index is 12.5. The Morgan fingerprint density at radius 1 is 0.979 bits per heavy atom. The highest BCUT2D eigenvalue weighted by molar-refractivity contribution is 6.35. The van der Waals surface area contributed by atoms with Gasteiger partial charge in [0.25, 0.3) is 0 Å². The number of aliphatic hydroxyl groups is 1. The van der Waals surface area contributed by atoms with Gasteiger partial charge in [0.15, 0.2) is 29.2 Å². The number of halogens is 2. The second-order valence-electron chi connectivity index (χ2n) is 10.1. The van der Waals surface area contributed by atoms with Gasteiger partial charge in [-0.2, -0.15) is 5.10 Å². The third kappa shape index (κ3) is 9.44. The maximum atomic E-state index is 12.5. The predicted octanol–water partition coefficient (Wildman–Crippen LogP) is 5.49. The summed E-state index contributed by atoms with van der Waals surface area (Å²) in [6.45, 7) is 6.10. The number of benzene rings is 3. The van der Waals surface area contributed by atoms with Crippen molar-refractivity contribution in [2.45, 2.75) is 39.6 Å². The first-order valence-electron chi connectivity index (χ1n) is 14.7. The quantitative estimate of drug-likeness (QED) is 0.0705. The van der Waals surface area contributed by atoms with E-state index in [-0.39, 0.29) is 18.8 Å². The van der Waals surface area contributed by atoms with Gasteiger partial charge in [0.1, 0.15) is 13.2 Å². The lowest BCUT2D eigenvalue weighted by Crippen LogP contribution is -2.45. The molecule has 1 aliphatic heterocycles. The number of carbonyl (C=O) groups excluding carboxylic acids is 2. The fraction of sp³-hybridized carbons (Fsp3) is 0.303. The fourth-order valence-electron chi connectivity index (χ4n) is 4.61. The molecule has 2 atom stereocenters. The van der Waals surface area contributed by atoms with Gasteiger partial charge in [-0.25, -0.2) is 9.59 Å². The molecule has 0 fully saturated rings. The monoisotopic (exact) mass is 686 g/mol. The van der Waals surface area contributed by atoms with Gasteiger partial charge in [0, 0.05) is 21.3 Å². The van der Waals surface area contributed by atoms with Crippen LogP contribution in [-0.4, -0.2) is 56.5 Å². The van der Waals surface area contributed by atoms with E-state index < -0.39 is 24.3 Å². The molecule has 4 N–H and O–H groups in total. The molecule has 14 heteroatoms. The molecule has 3 aromatic rings. The number of nitrogens with zero attached hydrogens (tertiary/aromatic N) is 1. The lowest BCUT2D eigenvalue weighted by Gasteiger charge is -2.28. The van der Waals surface area contributed by atoms with Gasteiger partial charge < -0.3 is 39.4 Å². The Bertz CT molecular complexity index is 1650. The summed E-state index contributed by atoms with van der Waals surface area (Å²) in [6.07, 6.45) is 0.354. The number of aliphatic hydroxyl groups excluding tert-OH is 1. The van der Waals surface area contributed by atoms with E-state index in [0.717, 1.165) is 5.56 Å². The van der Waals surface area contributed by atoms with Crippen molar-refractivity contribution in [2.24, 2.45) is 5.10 Å². The summed E-state index contributed by atoms with van der Waals surface area (Å²) in [6, 6.07) is 14.3. The molecule has 0 radical (unpaired) electrons. The zero-order valence-electron chi connectivity index (χ0n) is 26.3. The van der Waals surface area contributed by atoms with Crippen LogP contribution in [0.3, 0.4) is 0 Å². The van der Waals surface area contributed by atoms with Crippen LogP contribution in [0, 0.1) is 0 Å². The van der Waals surface area contributed by atoms with Crippen molar-refractivity contribution in [1.29, 1.82) is 0 Å². The average Bonchev–Trinajstić information content (AvgIpc) is 3.04. The van der Waals surface area contributed by atoms with Crippen LogP contribution in [0.15, 0.2) is 71.0 Å². The molecule has 47 heavy (non-hydrogen) atoms. The van der Waals surface area contributed by atoms with Gasteiger partial charge in [0.05, 0.1) is 38.2 Å². The van der Waals surface area contributed by atoms with E-state index in [2.05, 4.69) is 21.2 Å². The third-order valence-electron chi connectivity index (χ3n) is 6.78. The lowest BCUT2D eigenvalue weighted by atomic mass is 9.95. The normalized spacial score (nSPS) is 15.0. The van der Waals surface area contributed by atoms with Crippen LogP contribution in [0.5, 0.6) is 23.0 Å². The van der Waals surface area contributed by atoms with Crippen molar-refractivity contribution in [2.75, 3.05) is 26.9 Å². The van der Waals surface area contributed by atoms with Gasteiger partial charge in [-0.15, -0.1) is 0 Å². The standard InChI is InChI=1S/C33H36Cl2N4O8/c1-5-44-27-13-20(7-11-25(27)46-17-22-8-10-23(34)15-24(22)35)16-36-39-29(40)18-47-26-12-9-21(14-28(26)45-6-2)31-30(32(41)43-4)19(3)37-33(42)38-31/h7-16,29,31,39-40H,5-6,17-18H2,1-4H3,(H2,37,38,42)/b36-16-/t29-,31+/m0/s1. The third-order valence-corrected chi connectivity index (χ3v) is 7.36. The Morgan fingerprint density at radius 2 is 1.68 bits per heavy atom. The number of hydrogen-bond acceptors (Lipinski definition) is 10. The van der Waals surface area contributed by atoms with E-state index in [0.29, 0.717) is 63.1 Å². The molecular formula is C33H36Cl2N4O8. The SMILES string of the molecule is CCOc1cc(/C=N\N[C@@H](O)COc2ccc([C@H]3NC(=O)NC(C)=C3C(=O)OC)cc2OCC)ccc1OCc1ccc(Cl)cc1Cl. The van der Waals surface area contributed by atoms with Crippen LogP contribution in [0.2, 0.25) is 10.0 Å². The number of nitrogens with one attached hydrogen (secondary N) is 3. The number of methoxy groups -OCH3 is 1. The Kier molecular flexibility index (Phi) is 12.6. The average molecular weight is 688 g/mol. The Morgan fingerprint density at radius 3 is 2.38 bits per heavy atom. The molecule has 0 saturated carbocycles. The van der Waals surface area contributed by atoms with Crippen molar-refractivity contribution < 1.29 is 38.4 Å². The highest BCUT2D eigenvalue weighted by Crippen LogP contribution is 2.35. The first kappa shape index (κ1) is 35.2. The van der Waals surface area contributed by atoms with E-state index in [4.69, 9.17) is 46.9 Å². The molecule has 1 aliphatic rings. The number of ether oxygens (including phenoxy) is 5. The van der Waals surface area contributed by atoms with E-state index in [1.807, 2.05) is 13.8 Å². The zero-order valence-corrected chi connectivity index (χ0v) is 27.8. The Balaban J connectivity index is 1.38. The molecule has 0 aliphatic carbocycles. The molecule has 4 rings (SSSR count). The summed E-state index contributed by atoms with van der Waals surface area (Å²) in [5, 5.41) is 21.0. The van der Waals surface area contributed by atoms with Gasteiger partial charge in [-0.05, 0) is 74.4 Å². The minimum atomic E-state index is -1.17. The number of hydrazone groups is 1. The van der Waals surface area contributed by atoms with Crippen molar-refractivity contribution in [3.63, 3.8) is 0 Å². The van der Waals surface area contributed by atoms with E-state index in [9.17, 15) is 14.7 Å². The van der Waals surface area contributed by atoms with Crippen LogP contribution < -0.4 is 35.0 Å². The van der Waals surface area contributed by atoms with Gasteiger partial charge >= 0.3 is 12.0 Å². The number of esters is 1. The van der Waals surface area contributed by atoms with E-state index >= 15 is 0 Å². The number of rotatable bonds is 15. The molecule has 0 aromatic heterocycles. The molecule has 250 valence electrons. The summed E-state index contributed by atoms with van der Waals surface area (Å²) in [5.41, 5.74) is 5.33. The fourth-order valence-corrected chi connectivity index (χ4v) is 5.07. The molecule has 2 amide bonds. The molecule has 0 spiro atoms. The van der Waals surface area contributed by atoms with E-state index in [1.54, 1.807) is 61.5 Å². The van der Waals surface area contributed by atoms with Crippen LogP contribution in [-0.2, 0) is 16.1 Å². The van der Waals surface area contributed by atoms with Gasteiger partial charge in [-0.3, -0.25) is 5.43 Å². The summed E-state index contributed by atoms with van der Waals surface area (Å²) in [4.78, 5) is 24.6. The topological polar surface area (TPSA) is 149 Å². The molecular weight excluding hydrogens is 651 g/mol. The molecule has 0 bridgehead atoms. The predicted molar refractivity (Wildman–Crippen MR) is 177 cm³/mol. The van der Waals surface area contributed by atoms with Gasteiger partial charge in [0.2, 0.25) is 0 Å². The minimum absolute atomic E-state index is 0.169. The molecule has 1 heterocycles. The molecule has 12 nitrogen and oxygen atoms in total. The van der Waals surface area contributed by atoms with Crippen molar-refractivity contribution in [3.05, 3.63) is 92.6 Å². The summed E-state index contributed by atoms with van der Waals surface area (Å²) in [7, 11) is 1.27. The zero-order chi connectivity index (χ0) is 33.9. The first-order chi connectivity index (χ1) is 22.6. The first-order valence-corrected chi connectivity index (χ1v) is 15.4. The van der Waals surface area contributed by atoms with Crippen LogP contribution in [0.1, 0.15) is 43.5 Å². The lowest BCUT2D eigenvalue weighted by molar-refractivity contribution is -0.136. The van der Waals surface area contributed by atoms with Crippen molar-refractivity contribution in [3.8, 4) is 23.0 Å².